The summed E-state index contributed by atoms with van der Waals surface area (Å²) in [4.78, 5) is 25.9. The number of nitrogens with one attached hydrogen (secondary N) is 2. The number of piperazine rings is 1. The van der Waals surface area contributed by atoms with Crippen molar-refractivity contribution in [3.05, 3.63) is 76.8 Å². The quantitative estimate of drug-likeness (QED) is 0.372. The molecule has 1 amide bonds. The average molecular weight is 488 g/mol. The van der Waals surface area contributed by atoms with Crippen LogP contribution in [0.4, 0.5) is 11.4 Å². The number of hydrogen-bond donors (Lipinski definition) is 2. The third-order valence-electron chi connectivity index (χ3n) is 7.05. The monoisotopic (exact) mass is 487 g/mol. The molecule has 0 saturated carbocycles. The van der Waals surface area contributed by atoms with Crippen LogP contribution >= 0.6 is 11.6 Å². The number of hydrogen-bond acceptors (Lipinski definition) is 4. The van der Waals surface area contributed by atoms with E-state index in [-0.39, 0.29) is 5.91 Å². The number of nitrogens with zero attached hydrogens (tertiary/aromatic N) is 3. The van der Waals surface area contributed by atoms with Gasteiger partial charge in [-0.1, -0.05) is 23.7 Å². The second-order valence-corrected chi connectivity index (χ2v) is 9.93. The number of aromatic nitrogens is 2. The lowest BCUT2D eigenvalue weighted by molar-refractivity contribution is 0.102. The molecule has 180 valence electrons. The Balaban J connectivity index is 1.36. The Kier molecular flexibility index (Phi) is 6.26. The van der Waals surface area contributed by atoms with Crippen molar-refractivity contribution in [3.63, 3.8) is 0 Å². The minimum absolute atomic E-state index is 0.146. The third kappa shape index (κ3) is 4.64. The van der Waals surface area contributed by atoms with E-state index in [1.807, 2.05) is 55.5 Å². The fraction of sp³-hybridized carbons (Fsp3) is 0.286. The van der Waals surface area contributed by atoms with Crippen molar-refractivity contribution in [2.45, 2.75) is 32.9 Å². The van der Waals surface area contributed by atoms with E-state index in [0.717, 1.165) is 40.9 Å². The zero-order valence-corrected chi connectivity index (χ0v) is 21.2. The molecule has 0 radical (unpaired) electrons. The van der Waals surface area contributed by atoms with Crippen LogP contribution in [0.2, 0.25) is 5.02 Å². The number of aryl methyl sites for hydroxylation is 1. The molecule has 7 heteroatoms. The smallest absolute Gasteiger partial charge is 0.255 e. The number of likely N-dealkylation sites (N-methyl/N-ethyl adjacent to an activating group) is 1. The molecule has 1 fully saturated rings. The molecule has 4 aromatic rings. The number of aromatic amines is 1. The molecule has 0 unspecified atom stereocenters. The number of carbonyl (C=O) groups excluding carboxylic acids is 1. The number of rotatable bonds is 4. The predicted octanol–water partition coefficient (Wildman–Crippen LogP) is 5.97. The summed E-state index contributed by atoms with van der Waals surface area (Å²) >= 11 is 6.48. The molecule has 5 rings (SSSR count). The van der Waals surface area contributed by atoms with E-state index < -0.39 is 0 Å². The van der Waals surface area contributed by atoms with Crippen LogP contribution in [0.25, 0.3) is 22.4 Å². The second kappa shape index (κ2) is 9.36. The van der Waals surface area contributed by atoms with Gasteiger partial charge in [-0.05, 0) is 81.9 Å². The highest BCUT2D eigenvalue weighted by Crippen LogP contribution is 2.31. The van der Waals surface area contributed by atoms with Gasteiger partial charge in [-0.25, -0.2) is 4.98 Å². The summed E-state index contributed by atoms with van der Waals surface area (Å²) in [5.41, 5.74) is 5.98. The van der Waals surface area contributed by atoms with Gasteiger partial charge in [0.2, 0.25) is 0 Å². The maximum atomic E-state index is 13.2. The molecular formula is C28H30ClN5O. The summed E-state index contributed by atoms with van der Waals surface area (Å²) in [6.07, 6.45) is 0. The van der Waals surface area contributed by atoms with Gasteiger partial charge in [0, 0.05) is 47.7 Å². The van der Waals surface area contributed by atoms with Gasteiger partial charge in [0.15, 0.2) is 0 Å². The van der Waals surface area contributed by atoms with E-state index in [9.17, 15) is 4.79 Å². The number of para-hydroxylation sites is 2. The number of carbonyl (C=O) groups is 1. The molecule has 6 nitrogen and oxygen atoms in total. The Morgan fingerprint density at radius 3 is 2.51 bits per heavy atom. The Hall–Kier alpha value is -3.35. The molecule has 1 aromatic heterocycles. The maximum absolute atomic E-state index is 13.2. The Labute approximate surface area is 210 Å². The van der Waals surface area contributed by atoms with Crippen LogP contribution < -0.4 is 10.2 Å². The maximum Gasteiger partial charge on any atom is 0.255 e. The third-order valence-corrected chi connectivity index (χ3v) is 7.38. The SMILES string of the molecule is Cc1cc(N2C[C@@H](C)N(C)[C@@H](C)C2)ccc1C(=O)Nc1ccc(Cl)c(-c2nc3ccccc3[nH]2)c1. The van der Waals surface area contributed by atoms with Crippen LogP contribution in [-0.4, -0.2) is 53.0 Å². The number of halogens is 1. The predicted molar refractivity (Wildman–Crippen MR) is 145 cm³/mol. The lowest BCUT2D eigenvalue weighted by atomic mass is 10.0. The van der Waals surface area contributed by atoms with Crippen molar-refractivity contribution in [1.29, 1.82) is 0 Å². The van der Waals surface area contributed by atoms with Crippen LogP contribution in [0, 0.1) is 6.92 Å². The van der Waals surface area contributed by atoms with Crippen molar-refractivity contribution in [2.24, 2.45) is 0 Å². The molecule has 1 saturated heterocycles. The van der Waals surface area contributed by atoms with Crippen LogP contribution in [0.5, 0.6) is 0 Å². The second-order valence-electron chi connectivity index (χ2n) is 9.52. The molecule has 35 heavy (non-hydrogen) atoms. The van der Waals surface area contributed by atoms with E-state index >= 15 is 0 Å². The molecule has 0 aliphatic carbocycles. The van der Waals surface area contributed by atoms with Crippen molar-refractivity contribution in [1.82, 2.24) is 14.9 Å². The summed E-state index contributed by atoms with van der Waals surface area (Å²) in [6.45, 7) is 8.44. The number of H-pyrrole nitrogens is 1. The molecule has 0 bridgehead atoms. The molecule has 3 aromatic carbocycles. The van der Waals surface area contributed by atoms with E-state index in [1.54, 1.807) is 6.07 Å². The summed E-state index contributed by atoms with van der Waals surface area (Å²) in [6, 6.07) is 20.3. The van der Waals surface area contributed by atoms with Crippen LogP contribution in [0.3, 0.4) is 0 Å². The Bertz CT molecular complexity index is 1350. The largest absolute Gasteiger partial charge is 0.368 e. The number of fused-ring (bicyclic) bond motifs is 1. The fourth-order valence-corrected chi connectivity index (χ4v) is 4.98. The highest BCUT2D eigenvalue weighted by atomic mass is 35.5. The topological polar surface area (TPSA) is 64.3 Å². The van der Waals surface area contributed by atoms with Gasteiger partial charge in [0.25, 0.3) is 5.91 Å². The first-order chi connectivity index (χ1) is 16.8. The van der Waals surface area contributed by atoms with Crippen molar-refractivity contribution in [3.8, 4) is 11.4 Å². The summed E-state index contributed by atoms with van der Waals surface area (Å²) in [7, 11) is 2.18. The lowest BCUT2D eigenvalue weighted by Crippen LogP contribution is -2.55. The van der Waals surface area contributed by atoms with E-state index in [1.165, 1.54) is 0 Å². The normalized spacial score (nSPS) is 18.7. The Morgan fingerprint density at radius 2 is 1.80 bits per heavy atom. The van der Waals surface area contributed by atoms with Gasteiger partial charge in [0.05, 0.1) is 16.1 Å². The zero-order valence-electron chi connectivity index (χ0n) is 20.5. The summed E-state index contributed by atoms with van der Waals surface area (Å²) in [5, 5.41) is 3.60. The average Bonchev–Trinajstić information content (AvgIpc) is 3.27. The molecule has 2 atom stereocenters. The van der Waals surface area contributed by atoms with Crippen molar-refractivity contribution >= 4 is 39.9 Å². The number of anilines is 2. The van der Waals surface area contributed by atoms with Crippen LogP contribution in [0.15, 0.2) is 60.7 Å². The first-order valence-electron chi connectivity index (χ1n) is 11.9. The van der Waals surface area contributed by atoms with Crippen molar-refractivity contribution in [2.75, 3.05) is 30.4 Å². The van der Waals surface area contributed by atoms with Gasteiger partial charge in [-0.3, -0.25) is 9.69 Å². The molecule has 0 spiro atoms. The van der Waals surface area contributed by atoms with Crippen LogP contribution in [-0.2, 0) is 0 Å². The Morgan fingerprint density at radius 1 is 1.06 bits per heavy atom. The minimum Gasteiger partial charge on any atom is -0.368 e. The lowest BCUT2D eigenvalue weighted by Gasteiger charge is -2.43. The first-order valence-corrected chi connectivity index (χ1v) is 12.3. The minimum atomic E-state index is -0.146. The number of imidazole rings is 1. The molecular weight excluding hydrogens is 458 g/mol. The molecule has 2 heterocycles. The van der Waals surface area contributed by atoms with Crippen LogP contribution in [0.1, 0.15) is 29.8 Å². The van der Waals surface area contributed by atoms with Crippen molar-refractivity contribution < 1.29 is 4.79 Å². The van der Waals surface area contributed by atoms with Gasteiger partial charge in [0.1, 0.15) is 5.82 Å². The number of amides is 1. The zero-order chi connectivity index (χ0) is 24.7. The summed E-state index contributed by atoms with van der Waals surface area (Å²) in [5.74, 6) is 0.524. The standard InChI is InChI=1S/C28H30ClN5O/c1-17-13-21(34-15-18(2)33(4)19(3)16-34)10-11-22(17)28(35)30-20-9-12-24(29)23(14-20)27-31-25-7-5-6-8-26(25)32-27/h5-14,18-19H,15-16H2,1-4H3,(H,30,35)(H,31,32)/t18-,19+. The highest BCUT2D eigenvalue weighted by molar-refractivity contribution is 6.33. The van der Waals surface area contributed by atoms with E-state index in [0.29, 0.717) is 34.2 Å². The van der Waals surface area contributed by atoms with Gasteiger partial charge < -0.3 is 15.2 Å². The number of benzene rings is 3. The van der Waals surface area contributed by atoms with Gasteiger partial charge >= 0.3 is 0 Å². The van der Waals surface area contributed by atoms with Gasteiger partial charge in [-0.2, -0.15) is 0 Å². The highest BCUT2D eigenvalue weighted by Gasteiger charge is 2.27. The first kappa shape index (κ1) is 23.4. The van der Waals surface area contributed by atoms with E-state index in [2.05, 4.69) is 52.0 Å². The molecule has 1 aliphatic heterocycles. The molecule has 1 aliphatic rings. The van der Waals surface area contributed by atoms with Gasteiger partial charge in [-0.15, -0.1) is 0 Å². The molecule has 2 N–H and O–H groups in total. The van der Waals surface area contributed by atoms with E-state index in [4.69, 9.17) is 11.6 Å². The summed E-state index contributed by atoms with van der Waals surface area (Å²) < 4.78 is 0. The fourth-order valence-electron chi connectivity index (χ4n) is 4.78.